The van der Waals surface area contributed by atoms with Gasteiger partial charge in [-0.25, -0.2) is 9.59 Å². The van der Waals surface area contributed by atoms with Crippen molar-refractivity contribution in [3.05, 3.63) is 49.6 Å². The molecule has 1 unspecified atom stereocenters. The second kappa shape index (κ2) is 14.4. The monoisotopic (exact) mass is 342 g/mol. The average molecular weight is 342 g/mol. The summed E-state index contributed by atoms with van der Waals surface area (Å²) >= 11 is 0. The second-order valence-corrected chi connectivity index (χ2v) is 5.43. The third-order valence-electron chi connectivity index (χ3n) is 2.45. The number of hydrogen-bond acceptors (Lipinski definition) is 4. The number of aliphatic hydroxyl groups excluding tert-OH is 1. The molecular weight excluding hydrogens is 312 g/mol. The van der Waals surface area contributed by atoms with Crippen LogP contribution in [0.2, 0.25) is 0 Å². The summed E-state index contributed by atoms with van der Waals surface area (Å²) in [6.45, 7) is 18.0. The van der Waals surface area contributed by atoms with Gasteiger partial charge < -0.3 is 20.4 Å². The van der Waals surface area contributed by atoms with Crippen LogP contribution in [-0.2, 0) is 9.59 Å². The van der Waals surface area contributed by atoms with Crippen LogP contribution in [0.5, 0.6) is 0 Å². The molecule has 0 aromatic rings. The SMILES string of the molecule is C=C(C)C(=O)O.C=C(C)C(=O)O.C=CCC(O)(CC=C)CC(C)O. The fraction of sp³-hybridized carbons (Fsp3) is 0.444. The fourth-order valence-corrected chi connectivity index (χ4v) is 1.34. The predicted molar refractivity (Wildman–Crippen MR) is 95.8 cm³/mol. The second-order valence-electron chi connectivity index (χ2n) is 5.43. The van der Waals surface area contributed by atoms with Gasteiger partial charge in [-0.05, 0) is 33.6 Å². The molecule has 0 heterocycles. The van der Waals surface area contributed by atoms with Crippen molar-refractivity contribution in [2.45, 2.75) is 51.7 Å². The number of aliphatic carboxylic acids is 2. The van der Waals surface area contributed by atoms with Crippen molar-refractivity contribution in [1.82, 2.24) is 0 Å². The number of carbonyl (C=O) groups is 2. The van der Waals surface area contributed by atoms with Gasteiger partial charge in [-0.2, -0.15) is 0 Å². The van der Waals surface area contributed by atoms with E-state index in [0.29, 0.717) is 19.3 Å². The molecule has 0 amide bonds. The van der Waals surface area contributed by atoms with Crippen LogP contribution in [0, 0.1) is 0 Å². The molecule has 0 aliphatic rings. The summed E-state index contributed by atoms with van der Waals surface area (Å²) in [6, 6.07) is 0. The van der Waals surface area contributed by atoms with E-state index in [1.807, 2.05) is 0 Å². The van der Waals surface area contributed by atoms with Crippen molar-refractivity contribution in [3.63, 3.8) is 0 Å². The molecule has 0 fully saturated rings. The predicted octanol–water partition coefficient (Wildman–Crippen LogP) is 2.93. The van der Waals surface area contributed by atoms with Crippen LogP contribution in [0.25, 0.3) is 0 Å². The molecule has 6 nitrogen and oxygen atoms in total. The summed E-state index contributed by atoms with van der Waals surface area (Å²) in [6.07, 6.45) is 4.17. The van der Waals surface area contributed by atoms with Gasteiger partial charge in [0.05, 0.1) is 11.7 Å². The molecule has 0 saturated carbocycles. The zero-order valence-electron chi connectivity index (χ0n) is 14.8. The van der Waals surface area contributed by atoms with E-state index in [-0.39, 0.29) is 11.1 Å². The van der Waals surface area contributed by atoms with Crippen molar-refractivity contribution >= 4 is 11.9 Å². The van der Waals surface area contributed by atoms with Gasteiger partial charge >= 0.3 is 11.9 Å². The number of carboxylic acid groups (broad SMARTS) is 2. The third kappa shape index (κ3) is 19.8. The van der Waals surface area contributed by atoms with E-state index in [1.54, 1.807) is 19.1 Å². The molecule has 4 N–H and O–H groups in total. The molecule has 138 valence electrons. The Hall–Kier alpha value is -2.18. The highest BCUT2D eigenvalue weighted by Gasteiger charge is 2.25. The normalized spacial score (nSPS) is 10.7. The minimum atomic E-state index is -0.935. The van der Waals surface area contributed by atoms with E-state index in [0.717, 1.165) is 0 Å². The quantitative estimate of drug-likeness (QED) is 0.398. The molecule has 1 atom stereocenters. The lowest BCUT2D eigenvalue weighted by Gasteiger charge is -2.26. The first kappa shape index (κ1) is 26.7. The van der Waals surface area contributed by atoms with Crippen LogP contribution in [0.1, 0.15) is 40.0 Å². The molecule has 0 aromatic heterocycles. The first-order chi connectivity index (χ1) is 10.8. The zero-order valence-corrected chi connectivity index (χ0v) is 14.8. The van der Waals surface area contributed by atoms with Crippen LogP contribution < -0.4 is 0 Å². The van der Waals surface area contributed by atoms with Crippen molar-refractivity contribution < 1.29 is 30.0 Å². The van der Waals surface area contributed by atoms with Gasteiger partial charge in [-0.3, -0.25) is 0 Å². The summed E-state index contributed by atoms with van der Waals surface area (Å²) in [7, 11) is 0. The van der Waals surface area contributed by atoms with E-state index in [2.05, 4.69) is 26.3 Å². The first-order valence-electron chi connectivity index (χ1n) is 7.22. The smallest absolute Gasteiger partial charge is 0.330 e. The van der Waals surface area contributed by atoms with Crippen LogP contribution >= 0.6 is 0 Å². The van der Waals surface area contributed by atoms with Gasteiger partial charge in [-0.15, -0.1) is 13.2 Å². The van der Waals surface area contributed by atoms with E-state index in [9.17, 15) is 14.7 Å². The molecule has 0 aliphatic carbocycles. The Morgan fingerprint density at radius 2 is 1.25 bits per heavy atom. The maximum Gasteiger partial charge on any atom is 0.330 e. The highest BCUT2D eigenvalue weighted by molar-refractivity contribution is 5.85. The van der Waals surface area contributed by atoms with Crippen molar-refractivity contribution in [2.24, 2.45) is 0 Å². The Morgan fingerprint density at radius 1 is 1.00 bits per heavy atom. The lowest BCUT2D eigenvalue weighted by Crippen LogP contribution is -2.31. The molecule has 6 heteroatoms. The topological polar surface area (TPSA) is 115 Å². The maximum absolute atomic E-state index is 9.88. The minimum Gasteiger partial charge on any atom is -0.478 e. The molecular formula is C18H30O6. The molecule has 24 heavy (non-hydrogen) atoms. The molecule has 0 spiro atoms. The van der Waals surface area contributed by atoms with Crippen molar-refractivity contribution in [1.29, 1.82) is 0 Å². The lowest BCUT2D eigenvalue weighted by atomic mass is 9.89. The number of hydrogen-bond donors (Lipinski definition) is 4. The average Bonchev–Trinajstić information content (AvgIpc) is 2.38. The summed E-state index contributed by atoms with van der Waals surface area (Å²) < 4.78 is 0. The Labute approximate surface area is 144 Å². The Kier molecular flexibility index (Phi) is 16.0. The van der Waals surface area contributed by atoms with Gasteiger partial charge in [-0.1, -0.05) is 25.3 Å². The van der Waals surface area contributed by atoms with Crippen LogP contribution in [0.3, 0.4) is 0 Å². The lowest BCUT2D eigenvalue weighted by molar-refractivity contribution is -0.133. The number of carboxylic acids is 2. The fourth-order valence-electron chi connectivity index (χ4n) is 1.34. The summed E-state index contributed by atoms with van der Waals surface area (Å²) in [5.41, 5.74) is -0.512. The Balaban J connectivity index is -0.000000309. The molecule has 0 radical (unpaired) electrons. The van der Waals surface area contributed by atoms with Gasteiger partial charge in [0.25, 0.3) is 0 Å². The van der Waals surface area contributed by atoms with Crippen molar-refractivity contribution in [2.75, 3.05) is 0 Å². The van der Waals surface area contributed by atoms with E-state index in [4.69, 9.17) is 15.3 Å². The largest absolute Gasteiger partial charge is 0.478 e. The number of aliphatic hydroxyl groups is 2. The van der Waals surface area contributed by atoms with Crippen LogP contribution in [0.4, 0.5) is 0 Å². The van der Waals surface area contributed by atoms with E-state index >= 15 is 0 Å². The zero-order chi connectivity index (χ0) is 19.9. The maximum atomic E-state index is 9.88. The van der Waals surface area contributed by atoms with E-state index in [1.165, 1.54) is 13.8 Å². The summed E-state index contributed by atoms with van der Waals surface area (Å²) in [5.74, 6) is -1.87. The number of rotatable bonds is 8. The Bertz CT molecular complexity index is 390. The van der Waals surface area contributed by atoms with Crippen molar-refractivity contribution in [3.8, 4) is 0 Å². The molecule has 0 aromatic carbocycles. The molecule has 0 aliphatic heterocycles. The first-order valence-corrected chi connectivity index (χ1v) is 7.22. The molecule has 0 rings (SSSR count). The highest BCUT2D eigenvalue weighted by Crippen LogP contribution is 2.22. The van der Waals surface area contributed by atoms with Gasteiger partial charge in [0.2, 0.25) is 0 Å². The highest BCUT2D eigenvalue weighted by atomic mass is 16.4. The van der Waals surface area contributed by atoms with Gasteiger partial charge in [0.15, 0.2) is 0 Å². The standard InChI is InChI=1S/C10H18O2.2C4H6O2/c1-4-6-10(12,7-5-2)8-9(3)11;2*1-3(2)4(5)6/h4-5,9,11-12H,1-2,6-8H2,3H3;2*1H2,2H3,(H,5,6). The van der Waals surface area contributed by atoms with Crippen LogP contribution in [-0.4, -0.2) is 44.1 Å². The third-order valence-corrected chi connectivity index (χ3v) is 2.45. The minimum absolute atomic E-state index is 0.176. The van der Waals surface area contributed by atoms with Gasteiger partial charge in [0.1, 0.15) is 0 Å². The molecule has 0 bridgehead atoms. The van der Waals surface area contributed by atoms with Crippen LogP contribution in [0.15, 0.2) is 49.6 Å². The van der Waals surface area contributed by atoms with Gasteiger partial charge in [0, 0.05) is 17.6 Å². The molecule has 0 saturated heterocycles. The summed E-state index contributed by atoms with van der Waals surface area (Å²) in [5, 5.41) is 34.8. The Morgan fingerprint density at radius 3 is 1.38 bits per heavy atom. The van der Waals surface area contributed by atoms with E-state index < -0.39 is 23.6 Å². The summed E-state index contributed by atoms with van der Waals surface area (Å²) in [4.78, 5) is 19.2.